The van der Waals surface area contributed by atoms with Gasteiger partial charge >= 0.3 is 6.03 Å². The maximum Gasteiger partial charge on any atom is 0.318 e. The number of halogens is 1. The summed E-state index contributed by atoms with van der Waals surface area (Å²) in [5, 5.41) is 4.35. The number of aromatic nitrogens is 2. The number of fused-ring (bicyclic) bond motifs is 1. The van der Waals surface area contributed by atoms with Crippen LogP contribution in [0.15, 0.2) is 47.3 Å². The lowest BCUT2D eigenvalue weighted by molar-refractivity contribution is 0.172. The molecule has 0 aliphatic heterocycles. The number of urea groups is 1. The monoisotopic (exact) mass is 466 g/mol. The standard InChI is InChI=1S/C26H31ClN4O2/c1-4-30(26(33)28-20-10-6-5-7-11-20)18(3)24-29-22-13-9-8-12-21(22)25(32)31(24)23-15-14-19(27)16-17(23)2/h8-9,12-16,18,20H,4-7,10-11H2,1-3H3,(H,28,33). The van der Waals surface area contributed by atoms with Gasteiger partial charge in [0.05, 0.1) is 22.6 Å². The number of hydrogen-bond acceptors (Lipinski definition) is 3. The van der Waals surface area contributed by atoms with Crippen LogP contribution >= 0.6 is 11.6 Å². The van der Waals surface area contributed by atoms with Crippen molar-refractivity contribution in [2.24, 2.45) is 0 Å². The molecule has 1 aliphatic carbocycles. The van der Waals surface area contributed by atoms with Gasteiger partial charge in [-0.05, 0) is 69.5 Å². The molecule has 1 heterocycles. The average molecular weight is 467 g/mol. The molecule has 33 heavy (non-hydrogen) atoms. The number of nitrogens with zero attached hydrogens (tertiary/aromatic N) is 3. The number of carbonyl (C=O) groups excluding carboxylic acids is 1. The minimum Gasteiger partial charge on any atom is -0.335 e. The van der Waals surface area contributed by atoms with Gasteiger partial charge in [0.25, 0.3) is 5.56 Å². The van der Waals surface area contributed by atoms with Gasteiger partial charge in [0.2, 0.25) is 0 Å². The number of para-hydroxylation sites is 1. The summed E-state index contributed by atoms with van der Waals surface area (Å²) in [6, 6.07) is 12.5. The highest BCUT2D eigenvalue weighted by molar-refractivity contribution is 6.30. The first-order valence-corrected chi connectivity index (χ1v) is 12.1. The topological polar surface area (TPSA) is 67.2 Å². The van der Waals surface area contributed by atoms with Crippen LogP contribution in [0, 0.1) is 6.92 Å². The van der Waals surface area contributed by atoms with Crippen molar-refractivity contribution in [1.29, 1.82) is 0 Å². The second-order valence-electron chi connectivity index (χ2n) is 8.80. The molecular formula is C26H31ClN4O2. The SMILES string of the molecule is CCN(C(=O)NC1CCCCC1)C(C)c1nc2ccccc2c(=O)n1-c1ccc(Cl)cc1C. The fourth-order valence-electron chi connectivity index (χ4n) is 4.77. The Labute approximate surface area is 199 Å². The van der Waals surface area contributed by atoms with Gasteiger partial charge in [0.15, 0.2) is 0 Å². The van der Waals surface area contributed by atoms with Gasteiger partial charge in [-0.15, -0.1) is 0 Å². The Morgan fingerprint density at radius 1 is 1.21 bits per heavy atom. The number of amides is 2. The highest BCUT2D eigenvalue weighted by Gasteiger charge is 2.28. The first-order chi connectivity index (χ1) is 15.9. The molecule has 0 bridgehead atoms. The van der Waals surface area contributed by atoms with Gasteiger partial charge in [0.1, 0.15) is 5.82 Å². The molecule has 6 nitrogen and oxygen atoms in total. The van der Waals surface area contributed by atoms with E-state index in [1.165, 1.54) is 6.42 Å². The minimum atomic E-state index is -0.411. The summed E-state index contributed by atoms with van der Waals surface area (Å²) in [6.07, 6.45) is 5.55. The van der Waals surface area contributed by atoms with Crippen LogP contribution in [0.4, 0.5) is 4.79 Å². The maximum absolute atomic E-state index is 13.7. The zero-order valence-electron chi connectivity index (χ0n) is 19.5. The molecule has 1 fully saturated rings. The number of aryl methyl sites for hydroxylation is 1. The first kappa shape index (κ1) is 23.3. The molecule has 2 aromatic carbocycles. The summed E-state index contributed by atoms with van der Waals surface area (Å²) in [4.78, 5) is 33.5. The number of rotatable bonds is 5. The zero-order chi connectivity index (χ0) is 23.5. The predicted octanol–water partition coefficient (Wildman–Crippen LogP) is 5.77. The van der Waals surface area contributed by atoms with Crippen LogP contribution < -0.4 is 10.9 Å². The van der Waals surface area contributed by atoms with Gasteiger partial charge in [-0.3, -0.25) is 9.36 Å². The summed E-state index contributed by atoms with van der Waals surface area (Å²) in [5.41, 5.74) is 2.05. The van der Waals surface area contributed by atoms with E-state index >= 15 is 0 Å². The van der Waals surface area contributed by atoms with Crippen molar-refractivity contribution in [3.63, 3.8) is 0 Å². The van der Waals surface area contributed by atoms with Crippen molar-refractivity contribution >= 4 is 28.5 Å². The van der Waals surface area contributed by atoms with Crippen LogP contribution in [0.1, 0.15) is 63.4 Å². The van der Waals surface area contributed by atoms with Crippen LogP contribution in [-0.4, -0.2) is 33.1 Å². The van der Waals surface area contributed by atoms with Gasteiger partial charge in [-0.25, -0.2) is 9.78 Å². The van der Waals surface area contributed by atoms with Crippen LogP contribution in [0.3, 0.4) is 0 Å². The molecule has 1 unspecified atom stereocenters. The Hall–Kier alpha value is -2.86. The Balaban J connectivity index is 1.80. The van der Waals surface area contributed by atoms with Crippen molar-refractivity contribution in [3.8, 4) is 5.69 Å². The quantitative estimate of drug-likeness (QED) is 0.518. The molecule has 1 N–H and O–H groups in total. The van der Waals surface area contributed by atoms with E-state index in [1.54, 1.807) is 21.6 Å². The van der Waals surface area contributed by atoms with Crippen molar-refractivity contribution in [2.45, 2.75) is 65.0 Å². The number of benzene rings is 2. The molecule has 1 aromatic heterocycles. The van der Waals surface area contributed by atoms with Crippen molar-refractivity contribution in [2.75, 3.05) is 6.54 Å². The van der Waals surface area contributed by atoms with Crippen LogP contribution in [0.2, 0.25) is 5.02 Å². The lowest BCUT2D eigenvalue weighted by atomic mass is 9.96. The second-order valence-corrected chi connectivity index (χ2v) is 9.24. The molecule has 7 heteroatoms. The minimum absolute atomic E-state index is 0.112. The van der Waals surface area contributed by atoms with E-state index in [2.05, 4.69) is 5.32 Å². The third-order valence-electron chi connectivity index (χ3n) is 6.58. The van der Waals surface area contributed by atoms with Crippen LogP contribution in [0.25, 0.3) is 16.6 Å². The number of nitrogens with one attached hydrogen (secondary N) is 1. The fourth-order valence-corrected chi connectivity index (χ4v) is 5.00. The van der Waals surface area contributed by atoms with Crippen molar-refractivity contribution < 1.29 is 4.79 Å². The van der Waals surface area contributed by atoms with E-state index in [9.17, 15) is 9.59 Å². The summed E-state index contributed by atoms with van der Waals surface area (Å²) in [6.45, 7) is 6.31. The normalized spacial score (nSPS) is 15.4. The van der Waals surface area contributed by atoms with Crippen molar-refractivity contribution in [3.05, 3.63) is 69.2 Å². The predicted molar refractivity (Wildman–Crippen MR) is 133 cm³/mol. The number of carbonyl (C=O) groups is 1. The average Bonchev–Trinajstić information content (AvgIpc) is 2.81. The highest BCUT2D eigenvalue weighted by atomic mass is 35.5. The molecule has 1 aliphatic rings. The summed E-state index contributed by atoms with van der Waals surface area (Å²) >= 11 is 6.18. The lowest BCUT2D eigenvalue weighted by Crippen LogP contribution is -2.47. The molecule has 174 valence electrons. The first-order valence-electron chi connectivity index (χ1n) is 11.8. The second kappa shape index (κ2) is 9.96. The number of hydrogen-bond donors (Lipinski definition) is 1. The zero-order valence-corrected chi connectivity index (χ0v) is 20.2. The van der Waals surface area contributed by atoms with Gasteiger partial charge in [0, 0.05) is 17.6 Å². The molecule has 1 saturated carbocycles. The van der Waals surface area contributed by atoms with E-state index in [4.69, 9.17) is 16.6 Å². The molecular weight excluding hydrogens is 436 g/mol. The molecule has 0 spiro atoms. The maximum atomic E-state index is 13.7. The van der Waals surface area contributed by atoms with E-state index in [-0.39, 0.29) is 17.6 Å². The van der Waals surface area contributed by atoms with E-state index < -0.39 is 6.04 Å². The summed E-state index contributed by atoms with van der Waals surface area (Å²) in [7, 11) is 0. The third-order valence-corrected chi connectivity index (χ3v) is 6.81. The smallest absolute Gasteiger partial charge is 0.318 e. The van der Waals surface area contributed by atoms with E-state index in [0.29, 0.717) is 34.0 Å². The van der Waals surface area contributed by atoms with E-state index in [0.717, 1.165) is 31.2 Å². The Kier molecular flexibility index (Phi) is 7.03. The van der Waals surface area contributed by atoms with Crippen LogP contribution in [-0.2, 0) is 0 Å². The Bertz CT molecular complexity index is 1220. The molecule has 4 rings (SSSR count). The molecule has 0 saturated heterocycles. The molecule has 3 aromatic rings. The summed E-state index contributed by atoms with van der Waals surface area (Å²) in [5.74, 6) is 0.532. The van der Waals surface area contributed by atoms with Crippen molar-refractivity contribution in [1.82, 2.24) is 19.8 Å². The third kappa shape index (κ3) is 4.76. The van der Waals surface area contributed by atoms with E-state index in [1.807, 2.05) is 51.1 Å². The Morgan fingerprint density at radius 2 is 1.94 bits per heavy atom. The molecule has 1 atom stereocenters. The lowest BCUT2D eigenvalue weighted by Gasteiger charge is -2.32. The fraction of sp³-hybridized carbons (Fsp3) is 0.423. The molecule has 0 radical (unpaired) electrons. The van der Waals surface area contributed by atoms with Crippen LogP contribution in [0.5, 0.6) is 0 Å². The van der Waals surface area contributed by atoms with Gasteiger partial charge < -0.3 is 10.2 Å². The van der Waals surface area contributed by atoms with Gasteiger partial charge in [-0.2, -0.15) is 0 Å². The molecule has 2 amide bonds. The van der Waals surface area contributed by atoms with Gasteiger partial charge in [-0.1, -0.05) is 43.0 Å². The largest absolute Gasteiger partial charge is 0.335 e. The summed E-state index contributed by atoms with van der Waals surface area (Å²) < 4.78 is 1.63. The highest BCUT2D eigenvalue weighted by Crippen LogP contribution is 2.26. The Morgan fingerprint density at radius 3 is 2.64 bits per heavy atom.